The van der Waals surface area contributed by atoms with E-state index in [0.717, 1.165) is 0 Å². The zero-order chi connectivity index (χ0) is 24.1. The second kappa shape index (κ2) is 8.07. The molecule has 174 valence electrons. The second-order valence-electron chi connectivity index (χ2n) is 9.33. The van der Waals surface area contributed by atoms with E-state index in [4.69, 9.17) is 0 Å². The van der Waals surface area contributed by atoms with Crippen molar-refractivity contribution in [1.29, 1.82) is 0 Å². The second-order valence-corrected chi connectivity index (χ2v) is 10.9. The van der Waals surface area contributed by atoms with Crippen molar-refractivity contribution in [2.75, 3.05) is 7.05 Å². The highest BCUT2D eigenvalue weighted by atomic mass is 32.2. The van der Waals surface area contributed by atoms with Crippen LogP contribution in [0.25, 0.3) is 0 Å². The van der Waals surface area contributed by atoms with Gasteiger partial charge >= 0.3 is 0 Å². The first-order chi connectivity index (χ1) is 15.5. The Morgan fingerprint density at radius 3 is 2.42 bits per heavy atom. The van der Waals surface area contributed by atoms with Gasteiger partial charge in [-0.2, -0.15) is 12.8 Å². The highest BCUT2D eigenvalue weighted by molar-refractivity contribution is 7.90. The maximum Gasteiger partial charge on any atom is 0.283 e. The Labute approximate surface area is 192 Å². The summed E-state index contributed by atoms with van der Waals surface area (Å²) in [5.41, 5.74) is 0.813. The zero-order valence-corrected chi connectivity index (χ0v) is 19.7. The number of nitrogens with one attached hydrogen (secondary N) is 1. The maximum atomic E-state index is 13.6. The number of carbonyl (C=O) groups excluding carboxylic acids is 1. The van der Waals surface area contributed by atoms with Crippen LogP contribution in [0.15, 0.2) is 63.1 Å². The Hall–Kier alpha value is -3.04. The quantitative estimate of drug-likeness (QED) is 0.697. The third kappa shape index (κ3) is 3.95. The van der Waals surface area contributed by atoms with Gasteiger partial charge in [0.25, 0.3) is 15.9 Å². The van der Waals surface area contributed by atoms with Crippen LogP contribution in [0.3, 0.4) is 0 Å². The zero-order valence-electron chi connectivity index (χ0n) is 18.9. The molecule has 33 heavy (non-hydrogen) atoms. The number of aliphatic hydroxyl groups excluding tert-OH is 1. The molecule has 0 spiro atoms. The monoisotopic (exact) mass is 471 g/mol. The first-order valence-electron chi connectivity index (χ1n) is 10.6. The SMILES string of the molecule is CNCc1cccc2c1S(=O)(=O)N=C2C1=C(O)[C@H](C(C)(C)C)N(Cc2ccc(F)cc2)C1=O. The lowest BCUT2D eigenvalue weighted by molar-refractivity contribution is -0.129. The van der Waals surface area contributed by atoms with Crippen molar-refractivity contribution < 1.29 is 22.7 Å². The van der Waals surface area contributed by atoms with Crippen LogP contribution in [-0.2, 0) is 27.9 Å². The normalized spacial score (nSPS) is 19.8. The molecule has 1 atom stereocenters. The molecule has 0 saturated carbocycles. The molecular formula is C24H26FN3O4S. The van der Waals surface area contributed by atoms with Crippen molar-refractivity contribution in [2.45, 2.75) is 44.8 Å². The smallest absolute Gasteiger partial charge is 0.283 e. The fourth-order valence-corrected chi connectivity index (χ4v) is 5.94. The van der Waals surface area contributed by atoms with Crippen LogP contribution in [0, 0.1) is 11.2 Å². The molecule has 2 N–H and O–H groups in total. The van der Waals surface area contributed by atoms with Crippen molar-refractivity contribution >= 4 is 21.6 Å². The average Bonchev–Trinajstić information content (AvgIpc) is 3.13. The molecule has 0 aromatic heterocycles. The van der Waals surface area contributed by atoms with Crippen LogP contribution in [0.4, 0.5) is 4.39 Å². The van der Waals surface area contributed by atoms with Gasteiger partial charge in [0.2, 0.25) is 0 Å². The van der Waals surface area contributed by atoms with Gasteiger partial charge in [-0.1, -0.05) is 51.1 Å². The van der Waals surface area contributed by atoms with Crippen molar-refractivity contribution in [1.82, 2.24) is 10.2 Å². The number of amides is 1. The molecule has 4 rings (SSSR count). The number of rotatable bonds is 5. The Morgan fingerprint density at radius 1 is 1.15 bits per heavy atom. The van der Waals surface area contributed by atoms with Gasteiger partial charge in [-0.3, -0.25) is 4.79 Å². The number of hydrogen-bond donors (Lipinski definition) is 2. The third-order valence-corrected chi connectivity index (χ3v) is 7.23. The summed E-state index contributed by atoms with van der Waals surface area (Å²) in [6, 6.07) is 10.1. The standard InChI is InChI=1S/C24H26FN3O4S/c1-24(2,3)22-20(29)18(23(30)28(22)13-14-8-10-16(25)11-9-14)19-17-7-5-6-15(12-26-4)21(17)33(31,32)27-19/h5-11,22,26,29H,12-13H2,1-4H3/t22-/m1/s1. The molecule has 2 aliphatic rings. The molecular weight excluding hydrogens is 445 g/mol. The van der Waals surface area contributed by atoms with Crippen LogP contribution in [0.1, 0.15) is 37.5 Å². The molecule has 0 saturated heterocycles. The molecule has 9 heteroatoms. The number of nitrogens with zero attached hydrogens (tertiary/aromatic N) is 2. The summed E-state index contributed by atoms with van der Waals surface area (Å²) < 4.78 is 43.2. The van der Waals surface area contributed by atoms with Crippen molar-refractivity contribution in [3.63, 3.8) is 0 Å². The predicted molar refractivity (Wildman–Crippen MR) is 123 cm³/mol. The Balaban J connectivity index is 1.83. The summed E-state index contributed by atoms with van der Waals surface area (Å²) in [5.74, 6) is -1.12. The summed E-state index contributed by atoms with van der Waals surface area (Å²) in [6.07, 6.45) is 0. The average molecular weight is 472 g/mol. The van der Waals surface area contributed by atoms with Gasteiger partial charge in [0.15, 0.2) is 0 Å². The Kier molecular flexibility index (Phi) is 5.66. The van der Waals surface area contributed by atoms with Crippen molar-refractivity contribution in [2.24, 2.45) is 9.81 Å². The summed E-state index contributed by atoms with van der Waals surface area (Å²) in [4.78, 5) is 15.1. The van der Waals surface area contributed by atoms with E-state index in [-0.39, 0.29) is 34.3 Å². The maximum absolute atomic E-state index is 13.6. The van der Waals surface area contributed by atoms with E-state index in [9.17, 15) is 22.7 Å². The highest BCUT2D eigenvalue weighted by Gasteiger charge is 2.49. The lowest BCUT2D eigenvalue weighted by atomic mass is 9.84. The van der Waals surface area contributed by atoms with Gasteiger partial charge in [-0.05, 0) is 35.7 Å². The van der Waals surface area contributed by atoms with Gasteiger partial charge in [0.05, 0.1) is 6.04 Å². The molecule has 1 amide bonds. The fourth-order valence-electron chi connectivity index (χ4n) is 4.51. The number of hydrogen-bond acceptors (Lipinski definition) is 5. The highest BCUT2D eigenvalue weighted by Crippen LogP contribution is 2.41. The van der Waals surface area contributed by atoms with Crippen LogP contribution in [-0.4, -0.2) is 43.1 Å². The van der Waals surface area contributed by atoms with E-state index >= 15 is 0 Å². The number of fused-ring (bicyclic) bond motifs is 1. The molecule has 2 aromatic carbocycles. The van der Waals surface area contributed by atoms with E-state index in [0.29, 0.717) is 23.2 Å². The van der Waals surface area contributed by atoms with Crippen molar-refractivity contribution in [3.05, 3.63) is 76.3 Å². The molecule has 0 radical (unpaired) electrons. The minimum absolute atomic E-state index is 0.0405. The third-order valence-electron chi connectivity index (χ3n) is 5.81. The number of halogens is 1. The lowest BCUT2D eigenvalue weighted by Gasteiger charge is -2.35. The number of sulfonamides is 1. The van der Waals surface area contributed by atoms with Crippen LogP contribution < -0.4 is 5.32 Å². The molecule has 0 bridgehead atoms. The summed E-state index contributed by atoms with van der Waals surface area (Å²) >= 11 is 0. The first-order valence-corrected chi connectivity index (χ1v) is 12.0. The van der Waals surface area contributed by atoms with Crippen LogP contribution >= 0.6 is 0 Å². The molecule has 2 heterocycles. The van der Waals surface area contributed by atoms with Crippen molar-refractivity contribution in [3.8, 4) is 0 Å². The van der Waals surface area contributed by atoms with Crippen LogP contribution in [0.5, 0.6) is 0 Å². The van der Waals surface area contributed by atoms with Gasteiger partial charge in [0, 0.05) is 18.7 Å². The van der Waals surface area contributed by atoms with E-state index < -0.39 is 27.4 Å². The topological polar surface area (TPSA) is 99.1 Å². The molecule has 2 aliphatic heterocycles. The minimum Gasteiger partial charge on any atom is -0.509 e. The minimum atomic E-state index is -4.04. The first kappa shape index (κ1) is 23.1. The molecule has 2 aromatic rings. The number of aliphatic hydroxyl groups is 1. The van der Waals surface area contributed by atoms with Gasteiger partial charge in [-0.25, -0.2) is 4.39 Å². The number of carbonyl (C=O) groups is 1. The lowest BCUT2D eigenvalue weighted by Crippen LogP contribution is -2.43. The summed E-state index contributed by atoms with van der Waals surface area (Å²) in [6.45, 7) is 6.09. The molecule has 0 aliphatic carbocycles. The fraction of sp³-hybridized carbons (Fsp3) is 0.333. The van der Waals surface area contributed by atoms with Gasteiger partial charge in [0.1, 0.15) is 27.8 Å². The van der Waals surface area contributed by atoms with E-state index in [2.05, 4.69) is 9.71 Å². The summed E-state index contributed by atoms with van der Waals surface area (Å²) in [5, 5.41) is 14.2. The predicted octanol–water partition coefficient (Wildman–Crippen LogP) is 3.31. The van der Waals surface area contributed by atoms with E-state index in [1.807, 2.05) is 20.8 Å². The Morgan fingerprint density at radius 2 is 1.82 bits per heavy atom. The summed E-state index contributed by atoms with van der Waals surface area (Å²) in [7, 11) is -2.33. The Bertz CT molecular complexity index is 1290. The molecule has 7 nitrogen and oxygen atoms in total. The van der Waals surface area contributed by atoms with Gasteiger partial charge in [-0.15, -0.1) is 0 Å². The molecule has 0 unspecified atom stereocenters. The number of benzene rings is 2. The van der Waals surface area contributed by atoms with E-state index in [1.54, 1.807) is 37.4 Å². The molecule has 0 fully saturated rings. The largest absolute Gasteiger partial charge is 0.509 e. The van der Waals surface area contributed by atoms with E-state index in [1.165, 1.54) is 17.0 Å². The van der Waals surface area contributed by atoms with Crippen LogP contribution in [0.2, 0.25) is 0 Å². The van der Waals surface area contributed by atoms with Gasteiger partial charge < -0.3 is 15.3 Å².